The molecule has 0 spiro atoms. The number of aryl methyl sites for hydroxylation is 1. The number of nitrogens with zero attached hydrogens (tertiary/aromatic N) is 16. The number of rotatable bonds is 32. The number of hydrogen-bond acceptors (Lipinski definition) is 32. The van der Waals surface area contributed by atoms with Crippen LogP contribution >= 0.6 is 0 Å². The van der Waals surface area contributed by atoms with Gasteiger partial charge in [-0.05, 0) is 233 Å². The van der Waals surface area contributed by atoms with Crippen molar-refractivity contribution in [2.75, 3.05) is 0 Å². The second-order valence-electron chi connectivity index (χ2n) is 29.0. The fourth-order valence-corrected chi connectivity index (χ4v) is 14.8. The van der Waals surface area contributed by atoms with Gasteiger partial charge in [-0.25, -0.2) is 76.7 Å². The molecule has 1 atom stereocenters. The van der Waals surface area contributed by atoms with Crippen LogP contribution < -0.4 is 0 Å². The van der Waals surface area contributed by atoms with E-state index < -0.39 is 17.5 Å². The Kier molecular flexibility index (Phi) is 36.9. The summed E-state index contributed by atoms with van der Waals surface area (Å²) in [5.74, 6) is -0.927. The van der Waals surface area contributed by atoms with Crippen molar-refractivity contribution < 1.29 is 76.7 Å². The summed E-state index contributed by atoms with van der Waals surface area (Å²) in [5, 5.41) is 0. The van der Waals surface area contributed by atoms with Crippen molar-refractivity contribution in [3.63, 3.8) is 0 Å². The van der Waals surface area contributed by atoms with E-state index >= 15 is 0 Å². The lowest BCUT2D eigenvalue weighted by Crippen LogP contribution is -2.28. The van der Waals surface area contributed by atoms with Gasteiger partial charge in [-0.3, -0.25) is 0 Å². The third-order valence-corrected chi connectivity index (χ3v) is 21.0. The molecule has 0 fully saturated rings. The maximum Gasteiger partial charge on any atom is 0.240 e. The first-order chi connectivity index (χ1) is 65.2. The molecule has 12 aromatic rings. The van der Waals surface area contributed by atoms with Crippen molar-refractivity contribution in [2.45, 2.75) is 90.1 Å². The van der Waals surface area contributed by atoms with E-state index in [9.17, 15) is 76.7 Å². The van der Waals surface area contributed by atoms with Crippen LogP contribution in [0.2, 0.25) is 0 Å². The summed E-state index contributed by atoms with van der Waals surface area (Å²) < 4.78 is 0. The Labute approximate surface area is 762 Å². The molecule has 0 aliphatic carbocycles. The molecular formula is C102H68N16O16. The van der Waals surface area contributed by atoms with Crippen LogP contribution in [0.1, 0.15) is 144 Å². The Morgan fingerprint density at radius 3 is 1.04 bits per heavy atom. The summed E-state index contributed by atoms with van der Waals surface area (Å²) in [5.41, 5.74) is 16.4. The molecule has 0 bridgehead atoms. The highest BCUT2D eigenvalue weighted by Crippen LogP contribution is 2.49. The second kappa shape index (κ2) is 50.2. The van der Waals surface area contributed by atoms with Gasteiger partial charge in [0.05, 0.1) is 85.7 Å². The molecule has 12 rings (SSSR count). The topological polar surface area (TPSA) is 471 Å². The lowest BCUT2D eigenvalue weighted by atomic mass is 9.77. The van der Waals surface area contributed by atoms with Gasteiger partial charge in [0.25, 0.3) is 0 Å². The molecule has 32 heteroatoms. The van der Waals surface area contributed by atoms with Crippen molar-refractivity contribution in [3.8, 4) is 0 Å². The highest BCUT2D eigenvalue weighted by atomic mass is 16.2. The van der Waals surface area contributed by atoms with E-state index in [2.05, 4.69) is 79.9 Å². The third-order valence-electron chi connectivity index (χ3n) is 21.0. The molecule has 0 N–H and O–H groups in total. The van der Waals surface area contributed by atoms with Gasteiger partial charge in [0.1, 0.15) is 5.54 Å². The van der Waals surface area contributed by atoms with Crippen molar-refractivity contribution in [1.82, 2.24) is 0 Å². The number of isocyanates is 16. The Morgan fingerprint density at radius 2 is 0.612 bits per heavy atom. The van der Waals surface area contributed by atoms with Crippen LogP contribution in [0.5, 0.6) is 0 Å². The van der Waals surface area contributed by atoms with Crippen molar-refractivity contribution in [2.24, 2.45) is 79.9 Å². The highest BCUT2D eigenvalue weighted by Gasteiger charge is 2.39. The van der Waals surface area contributed by atoms with E-state index in [0.29, 0.717) is 125 Å². The molecule has 1 unspecified atom stereocenters. The molecule has 32 nitrogen and oxygen atoms in total. The molecule has 134 heavy (non-hydrogen) atoms. The Hall–Kier alpha value is -19.3. The molecule has 0 saturated heterocycles. The number of carbonyl (C=O) groups excluding carboxylic acids is 16. The minimum atomic E-state index is -1.27. The molecule has 0 radical (unpaired) electrons. The average Bonchev–Trinajstić information content (AvgIpc) is 0.765. The molecular weight excluding hydrogens is 1710 g/mol. The first-order valence-corrected chi connectivity index (χ1v) is 39.8. The molecule has 652 valence electrons. The van der Waals surface area contributed by atoms with Crippen LogP contribution in [-0.4, -0.2) is 97.3 Å². The van der Waals surface area contributed by atoms with Gasteiger partial charge in [0, 0.05) is 29.4 Å². The normalized spacial score (nSPS) is 10.5. The lowest BCUT2D eigenvalue weighted by Gasteiger charge is -2.32. The molecule has 12 aromatic carbocycles. The number of hydrogen-bond donors (Lipinski definition) is 0. The SMILES string of the molecule is CC(C)c1cc(C(CC(N=C=O)(c2ccccc2)c2ccccc2)N=C=O)c(N=C=O)cc1N=C=O.Cc1c(N=C=O)cc(C(c2ccc(N=C=O)cc2)c2ccc(N=C=O)cc2)cc1N=C=O.Cc1c(N=C=O)cc(N=C=O)cc1C(c1ccccc1)c1cc(N=C=O)cc(N=C=O)c1C.Cc1cc(Cc2ccc(N=C=O)c(Cc3ccc(N=C=O)cc3)c2)c(N=C=O)cc1N=C=O. The van der Waals surface area contributed by atoms with Crippen LogP contribution in [-0.2, 0) is 95.1 Å². The van der Waals surface area contributed by atoms with Crippen molar-refractivity contribution in [1.29, 1.82) is 0 Å². The molecule has 0 amide bonds. The summed E-state index contributed by atoms with van der Waals surface area (Å²) in [6, 6.07) is 69.3. The van der Waals surface area contributed by atoms with Crippen LogP contribution in [0.3, 0.4) is 0 Å². The first-order valence-electron chi connectivity index (χ1n) is 39.8. The highest BCUT2D eigenvalue weighted by molar-refractivity contribution is 5.75. The van der Waals surface area contributed by atoms with E-state index in [0.717, 1.165) is 44.5 Å². The van der Waals surface area contributed by atoms with Gasteiger partial charge in [0.2, 0.25) is 97.3 Å². The molecule has 0 heterocycles. The van der Waals surface area contributed by atoms with E-state index in [-0.39, 0.29) is 41.0 Å². The number of aliphatic imine (C=N–C) groups is 16. The van der Waals surface area contributed by atoms with Crippen molar-refractivity contribution >= 4 is 177 Å². The fourth-order valence-electron chi connectivity index (χ4n) is 14.8. The van der Waals surface area contributed by atoms with Gasteiger partial charge >= 0.3 is 0 Å². The van der Waals surface area contributed by atoms with Gasteiger partial charge in [-0.2, -0.15) is 79.9 Å². The monoisotopic (exact) mass is 1770 g/mol. The predicted octanol–water partition coefficient (Wildman–Crippen LogP) is 21.2. The summed E-state index contributed by atoms with van der Waals surface area (Å²) in [6.07, 6.45) is 25.4. The Balaban J connectivity index is 0.000000201. The minimum absolute atomic E-state index is 0.0146. The standard InChI is InChI=1S/C28H22N4O4.2C25H16N4O4.C24H14N4O4/c1-20(2)23-13-24(26(30-17-34)14-25(23)29-16-33)27(31-18-35)15-28(32-19-36,21-9-5-3-6-10-21)22-11-7-4-8-12-22;1-17-8-20(25(29-16-33)12-24(17)28-15-32)10-19-4-7-23(27-14-31)21(11-19)9-18-2-5-22(6-3-18)26-13-30;1-16-21(8-19(26-12-30)10-23(16)28-14-32)25(18-6-4-3-5-7-18)22-9-20(27-13-31)11-24(17(22)2)29-15-33;1-16-22(27-14-31)10-19(11-23(16)28-15-32)24(17-2-6-20(7-3-17)25-12-29)18-4-8-21(9-5-18)26-13-30/h3-14,20,27H,15H2,1-2H3;2-8,11-12H,9-10H2,1H3;3-11,25H,1-2H3;2-11,24H,1H3. The molecule has 0 aromatic heterocycles. The zero-order valence-corrected chi connectivity index (χ0v) is 71.7. The largest absolute Gasteiger partial charge is 0.240 e. The van der Waals surface area contributed by atoms with Crippen LogP contribution in [0.15, 0.2) is 323 Å². The third kappa shape index (κ3) is 25.8. The zero-order chi connectivity index (χ0) is 96.3. The Morgan fingerprint density at radius 1 is 0.254 bits per heavy atom. The average molecular weight is 1770 g/mol. The van der Waals surface area contributed by atoms with Gasteiger partial charge < -0.3 is 0 Å². The molecule has 0 aliphatic rings. The summed E-state index contributed by atoms with van der Waals surface area (Å²) in [7, 11) is 0. The maximum atomic E-state index is 11.8. The van der Waals surface area contributed by atoms with E-state index in [1.54, 1.807) is 149 Å². The second-order valence-corrected chi connectivity index (χ2v) is 29.0. The van der Waals surface area contributed by atoms with Gasteiger partial charge in [-0.15, -0.1) is 0 Å². The fraction of sp³-hybridized carbons (Fsp3) is 0.137. The quantitative estimate of drug-likeness (QED) is 0.0215. The lowest BCUT2D eigenvalue weighted by molar-refractivity contribution is 0.436. The van der Waals surface area contributed by atoms with Crippen LogP contribution in [0.25, 0.3) is 0 Å². The Bertz CT molecular complexity index is 7050. The maximum absolute atomic E-state index is 11.8. The molecule has 0 aliphatic heterocycles. The molecule has 0 saturated carbocycles. The summed E-state index contributed by atoms with van der Waals surface area (Å²) in [4.78, 5) is 235. The summed E-state index contributed by atoms with van der Waals surface area (Å²) in [6.45, 7) is 10.8. The van der Waals surface area contributed by atoms with Crippen LogP contribution in [0, 0.1) is 27.7 Å². The van der Waals surface area contributed by atoms with E-state index in [4.69, 9.17) is 0 Å². The first kappa shape index (κ1) is 98.5. The van der Waals surface area contributed by atoms with Gasteiger partial charge in [-0.1, -0.05) is 159 Å². The zero-order valence-electron chi connectivity index (χ0n) is 71.7. The van der Waals surface area contributed by atoms with Crippen molar-refractivity contribution in [3.05, 3.63) is 343 Å². The summed E-state index contributed by atoms with van der Waals surface area (Å²) >= 11 is 0. The van der Waals surface area contributed by atoms with Crippen LogP contribution in [0.4, 0.5) is 79.6 Å². The van der Waals surface area contributed by atoms with E-state index in [1.807, 2.05) is 129 Å². The minimum Gasteiger partial charge on any atom is -0.211 e. The van der Waals surface area contributed by atoms with Gasteiger partial charge in [0.15, 0.2) is 0 Å². The number of benzene rings is 12. The van der Waals surface area contributed by atoms with E-state index in [1.165, 1.54) is 103 Å². The smallest absolute Gasteiger partial charge is 0.211 e. The predicted molar refractivity (Wildman–Crippen MR) is 491 cm³/mol.